The topological polar surface area (TPSA) is 78.9 Å². The highest BCUT2D eigenvalue weighted by Gasteiger charge is 2.19. The van der Waals surface area contributed by atoms with Crippen LogP contribution in [-0.2, 0) is 28.6 Å². The molecule has 0 fully saturated rings. The summed E-state index contributed by atoms with van der Waals surface area (Å²) >= 11 is 0. The molecule has 69 heavy (non-hydrogen) atoms. The molecule has 0 aliphatic carbocycles. The third-order valence-corrected chi connectivity index (χ3v) is 11.1. The Bertz CT molecular complexity index is 1510. The summed E-state index contributed by atoms with van der Waals surface area (Å²) in [6, 6.07) is 0. The van der Waals surface area contributed by atoms with Crippen LogP contribution in [-0.4, -0.2) is 37.2 Å². The SMILES string of the molecule is CC/C=C\C/C=C\C/C=C\C/C=C\C/C=C\C/C=C\CCC(=O)OC[C@@H](COC(=O)CCCCCCC/C=C\C/C=C\CCCCC)OC(=O)CCCCCC/C=C\C/C=C\C/C=C\CCCCC. The van der Waals surface area contributed by atoms with Gasteiger partial charge in [-0.05, 0) is 128 Å². The predicted octanol–water partition coefficient (Wildman–Crippen LogP) is 18.6. The van der Waals surface area contributed by atoms with Crippen LogP contribution in [0.25, 0.3) is 0 Å². The maximum atomic E-state index is 12.8. The highest BCUT2D eigenvalue weighted by atomic mass is 16.6. The molecule has 0 heterocycles. The van der Waals surface area contributed by atoms with Crippen LogP contribution in [0.4, 0.5) is 0 Å². The number of carbonyl (C=O) groups is 3. The standard InChI is InChI=1S/C63H100O6/c1-4-7-10-13-16-19-22-25-28-30-31-33-35-38-41-44-47-50-53-56-62(65)68-59-60(58-67-61(64)55-52-49-46-43-40-37-34-27-24-21-18-15-12-9-6-3)69-63(66)57-54-51-48-45-42-39-36-32-29-26-23-20-17-14-11-8-5-2/h7,10,16-21,25-29,31,33-34,36,38-39,41,47,50,60H,4-6,8-9,11-15,22-24,30,32,35,37,40,42-46,48-49,51-59H2,1-3H3/b10-7-,19-16-,20-17-,21-18-,28-25-,29-26-,33-31-,34-27-,39-36-,41-38-,50-47-/t60-/m1/s1. The summed E-state index contributed by atoms with van der Waals surface area (Å²) in [7, 11) is 0. The molecule has 1 atom stereocenters. The molecule has 0 bridgehead atoms. The summed E-state index contributed by atoms with van der Waals surface area (Å²) in [6.07, 6.45) is 78.7. The number of hydrogen-bond donors (Lipinski definition) is 0. The predicted molar refractivity (Wildman–Crippen MR) is 297 cm³/mol. The Morgan fingerprint density at radius 2 is 0.594 bits per heavy atom. The normalized spacial score (nSPS) is 13.1. The van der Waals surface area contributed by atoms with Crippen LogP contribution in [0, 0.1) is 0 Å². The van der Waals surface area contributed by atoms with Crippen molar-refractivity contribution < 1.29 is 28.6 Å². The van der Waals surface area contributed by atoms with Gasteiger partial charge in [0.05, 0.1) is 0 Å². The van der Waals surface area contributed by atoms with Gasteiger partial charge in [-0.15, -0.1) is 0 Å². The number of allylic oxidation sites excluding steroid dienone is 22. The lowest BCUT2D eigenvalue weighted by atomic mass is 10.1. The van der Waals surface area contributed by atoms with Crippen LogP contribution in [0.1, 0.15) is 226 Å². The first kappa shape index (κ1) is 64.5. The Kier molecular flexibility index (Phi) is 52.5. The lowest BCUT2D eigenvalue weighted by Gasteiger charge is -2.18. The van der Waals surface area contributed by atoms with E-state index in [4.69, 9.17) is 14.2 Å². The summed E-state index contributed by atoms with van der Waals surface area (Å²) in [5, 5.41) is 0. The fourth-order valence-corrected chi connectivity index (χ4v) is 6.97. The van der Waals surface area contributed by atoms with Crippen molar-refractivity contribution in [3.05, 3.63) is 134 Å². The first-order valence-electron chi connectivity index (χ1n) is 27.7. The van der Waals surface area contributed by atoms with Gasteiger partial charge in [-0.2, -0.15) is 0 Å². The van der Waals surface area contributed by atoms with Crippen molar-refractivity contribution in [2.75, 3.05) is 13.2 Å². The minimum atomic E-state index is -0.832. The van der Waals surface area contributed by atoms with Crippen LogP contribution in [0.3, 0.4) is 0 Å². The third kappa shape index (κ3) is 54.4. The van der Waals surface area contributed by atoms with Crippen molar-refractivity contribution in [1.82, 2.24) is 0 Å². The number of rotatable bonds is 48. The van der Waals surface area contributed by atoms with E-state index in [1.165, 1.54) is 51.4 Å². The first-order valence-corrected chi connectivity index (χ1v) is 27.7. The van der Waals surface area contributed by atoms with E-state index in [0.717, 1.165) is 128 Å². The van der Waals surface area contributed by atoms with Crippen molar-refractivity contribution in [3.63, 3.8) is 0 Å². The Morgan fingerprint density at radius 3 is 0.971 bits per heavy atom. The van der Waals surface area contributed by atoms with E-state index < -0.39 is 6.10 Å². The molecular formula is C63H100O6. The second kappa shape index (κ2) is 56.1. The Balaban J connectivity index is 4.59. The Labute approximate surface area is 424 Å². The fourth-order valence-electron chi connectivity index (χ4n) is 6.97. The second-order valence-electron chi connectivity index (χ2n) is 17.7. The quantitative estimate of drug-likeness (QED) is 0.0262. The first-order chi connectivity index (χ1) is 34.0. The van der Waals surface area contributed by atoms with Gasteiger partial charge in [-0.1, -0.05) is 212 Å². The molecule has 0 saturated carbocycles. The molecule has 0 unspecified atom stereocenters. The Hall–Kier alpha value is -4.45. The van der Waals surface area contributed by atoms with Crippen molar-refractivity contribution >= 4 is 17.9 Å². The van der Waals surface area contributed by atoms with Gasteiger partial charge in [-0.3, -0.25) is 14.4 Å². The molecule has 6 heteroatoms. The lowest BCUT2D eigenvalue weighted by Crippen LogP contribution is -2.30. The van der Waals surface area contributed by atoms with E-state index in [1.807, 2.05) is 12.2 Å². The molecule has 0 aromatic heterocycles. The second-order valence-corrected chi connectivity index (χ2v) is 17.7. The summed E-state index contributed by atoms with van der Waals surface area (Å²) in [4.78, 5) is 38.1. The summed E-state index contributed by atoms with van der Waals surface area (Å²) in [6.45, 7) is 6.36. The van der Waals surface area contributed by atoms with Gasteiger partial charge in [0.2, 0.25) is 0 Å². The molecule has 6 nitrogen and oxygen atoms in total. The van der Waals surface area contributed by atoms with Gasteiger partial charge in [-0.25, -0.2) is 0 Å². The lowest BCUT2D eigenvalue weighted by molar-refractivity contribution is -0.166. The van der Waals surface area contributed by atoms with Gasteiger partial charge in [0.15, 0.2) is 6.10 Å². The van der Waals surface area contributed by atoms with Crippen molar-refractivity contribution in [2.45, 2.75) is 232 Å². The summed E-state index contributed by atoms with van der Waals surface area (Å²) < 4.78 is 16.7. The minimum Gasteiger partial charge on any atom is -0.462 e. The molecule has 0 aromatic carbocycles. The zero-order chi connectivity index (χ0) is 50.0. The number of ether oxygens (including phenoxy) is 3. The molecule has 0 aliphatic rings. The molecule has 0 radical (unpaired) electrons. The number of unbranched alkanes of at least 4 members (excludes halogenated alkanes) is 15. The van der Waals surface area contributed by atoms with Gasteiger partial charge < -0.3 is 14.2 Å². The van der Waals surface area contributed by atoms with Crippen LogP contribution in [0.15, 0.2) is 134 Å². The molecule has 0 N–H and O–H groups in total. The van der Waals surface area contributed by atoms with Gasteiger partial charge >= 0.3 is 17.9 Å². The highest BCUT2D eigenvalue weighted by Crippen LogP contribution is 2.12. The van der Waals surface area contributed by atoms with Gasteiger partial charge in [0.25, 0.3) is 0 Å². The van der Waals surface area contributed by atoms with E-state index in [2.05, 4.69) is 142 Å². The van der Waals surface area contributed by atoms with Crippen molar-refractivity contribution in [2.24, 2.45) is 0 Å². The van der Waals surface area contributed by atoms with Crippen molar-refractivity contribution in [3.8, 4) is 0 Å². The molecule has 0 saturated heterocycles. The molecule has 0 spiro atoms. The molecule has 0 amide bonds. The van der Waals surface area contributed by atoms with Crippen molar-refractivity contribution in [1.29, 1.82) is 0 Å². The maximum Gasteiger partial charge on any atom is 0.306 e. The largest absolute Gasteiger partial charge is 0.462 e. The monoisotopic (exact) mass is 953 g/mol. The van der Waals surface area contributed by atoms with E-state index in [1.54, 1.807) is 0 Å². The Morgan fingerprint density at radius 1 is 0.304 bits per heavy atom. The minimum absolute atomic E-state index is 0.122. The fraction of sp³-hybridized carbons (Fsp3) is 0.603. The summed E-state index contributed by atoms with van der Waals surface area (Å²) in [5.74, 6) is -1.05. The number of carbonyl (C=O) groups excluding carboxylic acids is 3. The average Bonchev–Trinajstić information content (AvgIpc) is 3.35. The smallest absolute Gasteiger partial charge is 0.306 e. The van der Waals surface area contributed by atoms with E-state index in [-0.39, 0.29) is 44.0 Å². The van der Waals surface area contributed by atoms with Crippen LogP contribution in [0.2, 0.25) is 0 Å². The van der Waals surface area contributed by atoms with E-state index in [9.17, 15) is 14.4 Å². The summed E-state index contributed by atoms with van der Waals surface area (Å²) in [5.41, 5.74) is 0. The molecular weight excluding hydrogens is 853 g/mol. The highest BCUT2D eigenvalue weighted by molar-refractivity contribution is 5.71. The van der Waals surface area contributed by atoms with Crippen LogP contribution >= 0.6 is 0 Å². The molecule has 388 valence electrons. The van der Waals surface area contributed by atoms with Gasteiger partial charge in [0.1, 0.15) is 13.2 Å². The molecule has 0 rings (SSSR count). The van der Waals surface area contributed by atoms with E-state index >= 15 is 0 Å². The van der Waals surface area contributed by atoms with Gasteiger partial charge in [0, 0.05) is 19.3 Å². The van der Waals surface area contributed by atoms with Crippen LogP contribution in [0.5, 0.6) is 0 Å². The third-order valence-electron chi connectivity index (χ3n) is 11.1. The maximum absolute atomic E-state index is 12.8. The van der Waals surface area contributed by atoms with E-state index in [0.29, 0.717) is 12.8 Å². The number of hydrogen-bond acceptors (Lipinski definition) is 6. The number of esters is 3. The van der Waals surface area contributed by atoms with Crippen LogP contribution < -0.4 is 0 Å². The zero-order valence-electron chi connectivity index (χ0n) is 44.3. The average molecular weight is 953 g/mol. The molecule has 0 aliphatic heterocycles. The zero-order valence-corrected chi connectivity index (χ0v) is 44.3. The molecule has 0 aromatic rings.